The van der Waals surface area contributed by atoms with Gasteiger partial charge in [0.05, 0.1) is 15.6 Å². The minimum absolute atomic E-state index is 0.0318. The SMILES string of the molecule is CCN(c1ccc([N+](=O)[O-])cc1Cl)C1CCNC1. The molecule has 5 nitrogen and oxygen atoms in total. The maximum absolute atomic E-state index is 10.7. The van der Waals surface area contributed by atoms with Crippen molar-refractivity contribution in [3.63, 3.8) is 0 Å². The van der Waals surface area contributed by atoms with Crippen LogP contribution in [0.2, 0.25) is 5.02 Å². The maximum atomic E-state index is 10.7. The first-order chi connectivity index (χ1) is 8.63. The van der Waals surface area contributed by atoms with Gasteiger partial charge in [-0.05, 0) is 26.0 Å². The number of hydrogen-bond acceptors (Lipinski definition) is 4. The Morgan fingerprint density at radius 3 is 2.89 bits per heavy atom. The maximum Gasteiger partial charge on any atom is 0.271 e. The summed E-state index contributed by atoms with van der Waals surface area (Å²) in [5.74, 6) is 0. The highest BCUT2D eigenvalue weighted by molar-refractivity contribution is 6.33. The molecule has 1 unspecified atom stereocenters. The lowest BCUT2D eigenvalue weighted by Crippen LogP contribution is -2.36. The van der Waals surface area contributed by atoms with E-state index in [1.165, 1.54) is 12.1 Å². The lowest BCUT2D eigenvalue weighted by atomic mass is 10.1. The Hall–Kier alpha value is -1.33. The van der Waals surface area contributed by atoms with Crippen molar-refractivity contribution < 1.29 is 4.92 Å². The number of hydrogen-bond donors (Lipinski definition) is 1. The zero-order valence-corrected chi connectivity index (χ0v) is 11.0. The van der Waals surface area contributed by atoms with Gasteiger partial charge in [-0.25, -0.2) is 0 Å². The summed E-state index contributed by atoms with van der Waals surface area (Å²) in [6.45, 7) is 4.84. The molecule has 0 saturated carbocycles. The van der Waals surface area contributed by atoms with Crippen LogP contribution in [0.25, 0.3) is 0 Å². The van der Waals surface area contributed by atoms with E-state index in [4.69, 9.17) is 11.6 Å². The molecule has 1 aromatic rings. The molecule has 0 bridgehead atoms. The Labute approximate surface area is 111 Å². The third-order valence-electron chi connectivity index (χ3n) is 3.27. The molecule has 0 aromatic heterocycles. The fourth-order valence-electron chi connectivity index (χ4n) is 2.37. The molecule has 1 atom stereocenters. The zero-order valence-electron chi connectivity index (χ0n) is 10.2. The average Bonchev–Trinajstić information content (AvgIpc) is 2.85. The first kappa shape index (κ1) is 13.1. The predicted octanol–water partition coefficient (Wildman–Crippen LogP) is 2.44. The molecule has 0 aliphatic carbocycles. The van der Waals surface area contributed by atoms with E-state index >= 15 is 0 Å². The number of nitro groups is 1. The van der Waals surface area contributed by atoms with Gasteiger partial charge in [-0.3, -0.25) is 10.1 Å². The van der Waals surface area contributed by atoms with E-state index in [9.17, 15) is 10.1 Å². The summed E-state index contributed by atoms with van der Waals surface area (Å²) in [4.78, 5) is 12.5. The summed E-state index contributed by atoms with van der Waals surface area (Å²) in [6, 6.07) is 5.07. The van der Waals surface area contributed by atoms with Crippen molar-refractivity contribution in [3.8, 4) is 0 Å². The molecular formula is C12H16ClN3O2. The molecule has 1 heterocycles. The normalized spacial score (nSPS) is 18.9. The predicted molar refractivity (Wildman–Crippen MR) is 72.4 cm³/mol. The van der Waals surface area contributed by atoms with Gasteiger partial charge in [0, 0.05) is 31.3 Å². The Morgan fingerprint density at radius 2 is 2.39 bits per heavy atom. The second kappa shape index (κ2) is 5.54. The molecule has 1 aliphatic rings. The third kappa shape index (κ3) is 2.57. The van der Waals surface area contributed by atoms with E-state index in [1.807, 2.05) is 0 Å². The topological polar surface area (TPSA) is 58.4 Å². The third-order valence-corrected chi connectivity index (χ3v) is 3.57. The van der Waals surface area contributed by atoms with Crippen LogP contribution < -0.4 is 10.2 Å². The monoisotopic (exact) mass is 269 g/mol. The van der Waals surface area contributed by atoms with Crippen molar-refractivity contribution in [3.05, 3.63) is 33.3 Å². The number of anilines is 1. The molecule has 1 saturated heterocycles. The number of benzene rings is 1. The number of nitrogens with one attached hydrogen (secondary N) is 1. The summed E-state index contributed by atoms with van der Waals surface area (Å²) >= 11 is 6.16. The van der Waals surface area contributed by atoms with Gasteiger partial charge in [-0.2, -0.15) is 0 Å². The van der Waals surface area contributed by atoms with Crippen LogP contribution in [-0.4, -0.2) is 30.6 Å². The second-order valence-electron chi connectivity index (χ2n) is 4.33. The number of halogens is 1. The molecule has 0 spiro atoms. The number of nitrogens with zero attached hydrogens (tertiary/aromatic N) is 2. The van der Waals surface area contributed by atoms with E-state index in [0.717, 1.165) is 31.7 Å². The fraction of sp³-hybridized carbons (Fsp3) is 0.500. The van der Waals surface area contributed by atoms with E-state index in [2.05, 4.69) is 17.1 Å². The smallest absolute Gasteiger partial charge is 0.271 e. The second-order valence-corrected chi connectivity index (χ2v) is 4.73. The van der Waals surface area contributed by atoms with Crippen molar-refractivity contribution in [2.24, 2.45) is 0 Å². The van der Waals surface area contributed by atoms with Crippen LogP contribution in [0.3, 0.4) is 0 Å². The van der Waals surface area contributed by atoms with Crippen LogP contribution in [-0.2, 0) is 0 Å². The van der Waals surface area contributed by atoms with Gasteiger partial charge in [0.25, 0.3) is 5.69 Å². The number of nitro benzene ring substituents is 1. The zero-order chi connectivity index (χ0) is 13.1. The molecule has 2 rings (SSSR count). The van der Waals surface area contributed by atoms with Gasteiger partial charge in [0.15, 0.2) is 0 Å². The van der Waals surface area contributed by atoms with E-state index in [1.54, 1.807) is 6.07 Å². The van der Waals surface area contributed by atoms with Gasteiger partial charge in [0.2, 0.25) is 0 Å². The Balaban J connectivity index is 2.27. The molecule has 1 N–H and O–H groups in total. The van der Waals surface area contributed by atoms with Gasteiger partial charge in [-0.15, -0.1) is 0 Å². The Morgan fingerprint density at radius 1 is 1.61 bits per heavy atom. The molecule has 1 fully saturated rings. The van der Waals surface area contributed by atoms with Crippen LogP contribution in [0.5, 0.6) is 0 Å². The van der Waals surface area contributed by atoms with Crippen molar-refractivity contribution in [2.45, 2.75) is 19.4 Å². The molecule has 0 amide bonds. The fourth-order valence-corrected chi connectivity index (χ4v) is 2.66. The van der Waals surface area contributed by atoms with Crippen LogP contribution in [0.15, 0.2) is 18.2 Å². The van der Waals surface area contributed by atoms with Gasteiger partial charge in [-0.1, -0.05) is 11.6 Å². The highest BCUT2D eigenvalue weighted by Crippen LogP contribution is 2.31. The van der Waals surface area contributed by atoms with Crippen LogP contribution in [0, 0.1) is 10.1 Å². The summed E-state index contributed by atoms with van der Waals surface area (Å²) in [7, 11) is 0. The van der Waals surface area contributed by atoms with Crippen molar-refractivity contribution in [2.75, 3.05) is 24.5 Å². The van der Waals surface area contributed by atoms with Crippen molar-refractivity contribution in [1.29, 1.82) is 0 Å². The highest BCUT2D eigenvalue weighted by atomic mass is 35.5. The molecule has 6 heteroatoms. The highest BCUT2D eigenvalue weighted by Gasteiger charge is 2.23. The molecule has 0 radical (unpaired) electrons. The van der Waals surface area contributed by atoms with Crippen molar-refractivity contribution in [1.82, 2.24) is 5.32 Å². The quantitative estimate of drug-likeness (QED) is 0.674. The van der Waals surface area contributed by atoms with Crippen LogP contribution in [0.1, 0.15) is 13.3 Å². The van der Waals surface area contributed by atoms with Gasteiger partial charge >= 0.3 is 0 Å². The van der Waals surface area contributed by atoms with Crippen LogP contribution >= 0.6 is 11.6 Å². The minimum atomic E-state index is -0.428. The van der Waals surface area contributed by atoms with Crippen molar-refractivity contribution >= 4 is 23.0 Å². The Kier molecular flexibility index (Phi) is 4.04. The largest absolute Gasteiger partial charge is 0.366 e. The summed E-state index contributed by atoms with van der Waals surface area (Å²) in [5, 5.41) is 14.4. The number of non-ortho nitro benzene ring substituents is 1. The standard InChI is InChI=1S/C12H16ClN3O2/c1-2-15(10-5-6-14-8-10)12-4-3-9(16(17)18)7-11(12)13/h3-4,7,10,14H,2,5-6,8H2,1H3. The summed E-state index contributed by atoms with van der Waals surface area (Å²) in [5.41, 5.74) is 0.905. The van der Waals surface area contributed by atoms with Gasteiger partial charge < -0.3 is 10.2 Å². The van der Waals surface area contributed by atoms with E-state index < -0.39 is 4.92 Å². The molecular weight excluding hydrogens is 254 g/mol. The summed E-state index contributed by atoms with van der Waals surface area (Å²) in [6.07, 6.45) is 1.07. The molecule has 98 valence electrons. The first-order valence-corrected chi connectivity index (χ1v) is 6.42. The summed E-state index contributed by atoms with van der Waals surface area (Å²) < 4.78 is 0. The van der Waals surface area contributed by atoms with E-state index in [-0.39, 0.29) is 5.69 Å². The number of likely N-dealkylation sites (N-methyl/N-ethyl adjacent to an activating group) is 1. The lowest BCUT2D eigenvalue weighted by Gasteiger charge is -2.30. The van der Waals surface area contributed by atoms with Crippen LogP contribution in [0.4, 0.5) is 11.4 Å². The van der Waals surface area contributed by atoms with E-state index in [0.29, 0.717) is 11.1 Å². The minimum Gasteiger partial charge on any atom is -0.366 e. The van der Waals surface area contributed by atoms with Gasteiger partial charge in [0.1, 0.15) is 0 Å². The molecule has 18 heavy (non-hydrogen) atoms. The number of rotatable bonds is 4. The first-order valence-electron chi connectivity index (χ1n) is 6.04. The lowest BCUT2D eigenvalue weighted by molar-refractivity contribution is -0.384. The molecule has 1 aliphatic heterocycles. The average molecular weight is 270 g/mol. The molecule has 1 aromatic carbocycles. The Bertz CT molecular complexity index is 447.